The van der Waals surface area contributed by atoms with Crippen LogP contribution in [0.1, 0.15) is 24.2 Å². The number of carbonyl (C=O) groups excluding carboxylic acids is 1. The molecule has 0 unspecified atom stereocenters. The highest BCUT2D eigenvalue weighted by molar-refractivity contribution is 5.74. The van der Waals surface area contributed by atoms with E-state index in [9.17, 15) is 4.79 Å². The Bertz CT molecular complexity index is 676. The zero-order valence-electron chi connectivity index (χ0n) is 12.9. The maximum absolute atomic E-state index is 12.0. The van der Waals surface area contributed by atoms with Crippen molar-refractivity contribution in [3.05, 3.63) is 53.9 Å². The predicted molar refractivity (Wildman–Crippen MR) is 85.5 cm³/mol. The van der Waals surface area contributed by atoms with Gasteiger partial charge in [-0.3, -0.25) is 4.98 Å². The Morgan fingerprint density at radius 1 is 1.22 bits per heavy atom. The van der Waals surface area contributed by atoms with Crippen LogP contribution in [0.5, 0.6) is 11.5 Å². The van der Waals surface area contributed by atoms with E-state index in [0.717, 1.165) is 22.8 Å². The molecule has 0 spiro atoms. The number of hydrogen-bond donors (Lipinski definition) is 2. The first kappa shape index (κ1) is 15.1. The van der Waals surface area contributed by atoms with E-state index in [-0.39, 0.29) is 12.1 Å². The van der Waals surface area contributed by atoms with Crippen LogP contribution in [0.4, 0.5) is 4.79 Å². The zero-order valence-corrected chi connectivity index (χ0v) is 12.9. The van der Waals surface area contributed by atoms with Crippen molar-refractivity contribution in [2.24, 2.45) is 0 Å². The monoisotopic (exact) mass is 313 g/mol. The van der Waals surface area contributed by atoms with Gasteiger partial charge >= 0.3 is 6.03 Å². The van der Waals surface area contributed by atoms with Crippen LogP contribution in [0.25, 0.3) is 0 Å². The van der Waals surface area contributed by atoms with Crippen molar-refractivity contribution < 1.29 is 14.3 Å². The quantitative estimate of drug-likeness (QED) is 0.909. The number of ether oxygens (including phenoxy) is 2. The van der Waals surface area contributed by atoms with Crippen LogP contribution in [-0.4, -0.2) is 24.2 Å². The molecule has 2 amide bonds. The fraction of sp³-hybridized carbons (Fsp3) is 0.294. The van der Waals surface area contributed by atoms with E-state index < -0.39 is 0 Å². The normalized spacial score (nSPS) is 14.0. The second-order valence-corrected chi connectivity index (χ2v) is 5.28. The molecule has 1 aromatic carbocycles. The van der Waals surface area contributed by atoms with Crippen molar-refractivity contribution in [2.45, 2.75) is 19.5 Å². The van der Waals surface area contributed by atoms with Crippen molar-refractivity contribution in [3.63, 3.8) is 0 Å². The van der Waals surface area contributed by atoms with Crippen molar-refractivity contribution in [1.29, 1.82) is 0 Å². The number of amides is 2. The third-order valence-electron chi connectivity index (χ3n) is 3.54. The third-order valence-corrected chi connectivity index (χ3v) is 3.54. The lowest BCUT2D eigenvalue weighted by molar-refractivity contribution is 0.171. The number of nitrogens with one attached hydrogen (secondary N) is 2. The lowest BCUT2D eigenvalue weighted by atomic mass is 10.2. The molecule has 0 radical (unpaired) electrons. The number of nitrogens with zero attached hydrogens (tertiary/aromatic N) is 1. The number of fused-ring (bicyclic) bond motifs is 1. The maximum atomic E-state index is 12.0. The molecule has 0 fully saturated rings. The minimum Gasteiger partial charge on any atom is -0.486 e. The second-order valence-electron chi connectivity index (χ2n) is 5.28. The Labute approximate surface area is 134 Å². The van der Waals surface area contributed by atoms with Gasteiger partial charge in [0.1, 0.15) is 13.2 Å². The van der Waals surface area contributed by atoms with Crippen LogP contribution < -0.4 is 20.1 Å². The Morgan fingerprint density at radius 3 is 2.83 bits per heavy atom. The summed E-state index contributed by atoms with van der Waals surface area (Å²) in [5.74, 6) is 1.46. The number of urea groups is 1. The molecule has 6 heteroatoms. The third kappa shape index (κ3) is 3.91. The molecule has 2 aromatic rings. The average molecular weight is 313 g/mol. The summed E-state index contributed by atoms with van der Waals surface area (Å²) >= 11 is 0. The molecule has 2 N–H and O–H groups in total. The predicted octanol–water partition coefficient (Wildman–Crippen LogP) is 2.41. The van der Waals surface area contributed by atoms with E-state index in [4.69, 9.17) is 9.47 Å². The van der Waals surface area contributed by atoms with E-state index in [1.165, 1.54) is 0 Å². The molecule has 6 nitrogen and oxygen atoms in total. The van der Waals surface area contributed by atoms with Crippen LogP contribution in [0.3, 0.4) is 0 Å². The SMILES string of the molecule is C[C@H](NC(=O)NCc1ccc2c(c1)OCCO2)c1ccccn1. The summed E-state index contributed by atoms with van der Waals surface area (Å²) in [5.41, 5.74) is 1.77. The highest BCUT2D eigenvalue weighted by Gasteiger charge is 2.13. The standard InChI is InChI=1S/C17H19N3O3/c1-12(14-4-2-3-7-18-14)20-17(21)19-11-13-5-6-15-16(10-13)23-9-8-22-15/h2-7,10,12H,8-9,11H2,1H3,(H2,19,20,21)/t12-/m0/s1. The summed E-state index contributed by atoms with van der Waals surface area (Å²) in [4.78, 5) is 16.2. The fourth-order valence-electron chi connectivity index (χ4n) is 2.33. The van der Waals surface area contributed by atoms with E-state index in [0.29, 0.717) is 19.8 Å². The summed E-state index contributed by atoms with van der Waals surface area (Å²) in [6, 6.07) is 10.9. The number of aromatic nitrogens is 1. The van der Waals surface area contributed by atoms with Gasteiger partial charge in [-0.1, -0.05) is 12.1 Å². The van der Waals surface area contributed by atoms with Crippen LogP contribution in [0, 0.1) is 0 Å². The van der Waals surface area contributed by atoms with Gasteiger partial charge in [-0.15, -0.1) is 0 Å². The van der Waals surface area contributed by atoms with Gasteiger partial charge in [0.15, 0.2) is 11.5 Å². The second kappa shape index (κ2) is 7.00. The zero-order chi connectivity index (χ0) is 16.1. The van der Waals surface area contributed by atoms with Gasteiger partial charge in [0, 0.05) is 12.7 Å². The number of carbonyl (C=O) groups is 1. The number of rotatable bonds is 4. The van der Waals surface area contributed by atoms with E-state index in [2.05, 4.69) is 15.6 Å². The lowest BCUT2D eigenvalue weighted by Crippen LogP contribution is -2.36. The van der Waals surface area contributed by atoms with Gasteiger partial charge in [0.25, 0.3) is 0 Å². The van der Waals surface area contributed by atoms with Gasteiger partial charge in [-0.05, 0) is 36.8 Å². The Morgan fingerprint density at radius 2 is 2.04 bits per heavy atom. The van der Waals surface area contributed by atoms with Gasteiger partial charge in [0.05, 0.1) is 11.7 Å². The smallest absolute Gasteiger partial charge is 0.315 e. The molecular formula is C17H19N3O3. The van der Waals surface area contributed by atoms with E-state index >= 15 is 0 Å². The first-order chi connectivity index (χ1) is 11.2. The summed E-state index contributed by atoms with van der Waals surface area (Å²) in [6.07, 6.45) is 1.71. The largest absolute Gasteiger partial charge is 0.486 e. The molecule has 0 saturated heterocycles. The number of hydrogen-bond acceptors (Lipinski definition) is 4. The molecule has 0 bridgehead atoms. The van der Waals surface area contributed by atoms with Crippen molar-refractivity contribution in [2.75, 3.05) is 13.2 Å². The molecule has 1 atom stereocenters. The molecule has 1 aliphatic heterocycles. The van der Waals surface area contributed by atoms with Crippen LogP contribution >= 0.6 is 0 Å². The minimum atomic E-state index is -0.238. The van der Waals surface area contributed by atoms with Gasteiger partial charge in [-0.2, -0.15) is 0 Å². The maximum Gasteiger partial charge on any atom is 0.315 e. The number of benzene rings is 1. The van der Waals surface area contributed by atoms with Crippen molar-refractivity contribution in [1.82, 2.24) is 15.6 Å². The van der Waals surface area contributed by atoms with Crippen molar-refractivity contribution >= 4 is 6.03 Å². The molecule has 2 heterocycles. The highest BCUT2D eigenvalue weighted by Crippen LogP contribution is 2.30. The van der Waals surface area contributed by atoms with Gasteiger partial charge in [-0.25, -0.2) is 4.79 Å². The van der Waals surface area contributed by atoms with E-state index in [1.54, 1.807) is 6.20 Å². The van der Waals surface area contributed by atoms with Crippen LogP contribution in [0.2, 0.25) is 0 Å². The fourth-order valence-corrected chi connectivity index (χ4v) is 2.33. The first-order valence-corrected chi connectivity index (χ1v) is 7.56. The van der Waals surface area contributed by atoms with Gasteiger partial charge in [0.2, 0.25) is 0 Å². The molecule has 120 valence electrons. The highest BCUT2D eigenvalue weighted by atomic mass is 16.6. The Hall–Kier alpha value is -2.76. The minimum absolute atomic E-state index is 0.156. The molecular weight excluding hydrogens is 294 g/mol. The molecule has 3 rings (SSSR count). The molecule has 1 aliphatic rings. The van der Waals surface area contributed by atoms with E-state index in [1.807, 2.05) is 43.3 Å². The first-order valence-electron chi connectivity index (χ1n) is 7.56. The van der Waals surface area contributed by atoms with Crippen LogP contribution in [-0.2, 0) is 6.54 Å². The molecule has 0 aliphatic carbocycles. The van der Waals surface area contributed by atoms with Gasteiger partial charge < -0.3 is 20.1 Å². The Kier molecular flexibility index (Phi) is 4.61. The topological polar surface area (TPSA) is 72.5 Å². The van der Waals surface area contributed by atoms with Crippen LogP contribution in [0.15, 0.2) is 42.6 Å². The number of pyridine rings is 1. The summed E-state index contributed by atoms with van der Waals surface area (Å²) < 4.78 is 11.0. The molecule has 1 aromatic heterocycles. The Balaban J connectivity index is 1.53. The summed E-state index contributed by atoms with van der Waals surface area (Å²) in [6.45, 7) is 3.42. The molecule has 0 saturated carbocycles. The summed E-state index contributed by atoms with van der Waals surface area (Å²) in [7, 11) is 0. The summed E-state index contributed by atoms with van der Waals surface area (Å²) in [5, 5.41) is 5.69. The molecule has 23 heavy (non-hydrogen) atoms. The lowest BCUT2D eigenvalue weighted by Gasteiger charge is -2.19. The van der Waals surface area contributed by atoms with Crippen molar-refractivity contribution in [3.8, 4) is 11.5 Å². The average Bonchev–Trinajstić information content (AvgIpc) is 2.60.